The maximum atomic E-state index is 11.4. The topological polar surface area (TPSA) is 70.3 Å². The largest absolute Gasteiger partial charge is 0.463 e. The molecule has 1 rings (SSSR count). The Labute approximate surface area is 154 Å². The van der Waals surface area contributed by atoms with Gasteiger partial charge in [0.1, 0.15) is 12.7 Å². The lowest BCUT2D eigenvalue weighted by Crippen LogP contribution is -2.09. The summed E-state index contributed by atoms with van der Waals surface area (Å²) in [7, 11) is 0. The lowest BCUT2D eigenvalue weighted by atomic mass is 10.1. The number of unbranched alkanes of at least 4 members (excludes halogenated alkanes) is 11. The van der Waals surface area contributed by atoms with Crippen LogP contribution in [-0.4, -0.2) is 30.8 Å². The number of hydrogen-bond donors (Lipinski definition) is 0. The summed E-state index contributed by atoms with van der Waals surface area (Å²) in [5, 5.41) is 0. The van der Waals surface area contributed by atoms with Crippen molar-refractivity contribution in [2.24, 2.45) is 0 Å². The molecule has 148 valence electrons. The van der Waals surface area contributed by atoms with Crippen LogP contribution >= 0.6 is 0 Å². The highest BCUT2D eigenvalue weighted by molar-refractivity contribution is 5.69. The predicted molar refractivity (Wildman–Crippen MR) is 104 cm³/mol. The number of allylic oxidation sites excluding steroid dienone is 2. The number of carbonyl (C=O) groups is 1. The zero-order valence-corrected chi connectivity index (χ0v) is 16.3. The van der Waals surface area contributed by atoms with Crippen LogP contribution in [0.1, 0.15) is 96.8 Å². The molecule has 4 heteroatoms. The number of epoxide rings is 1. The van der Waals surface area contributed by atoms with Gasteiger partial charge in [0.2, 0.25) is 0 Å². The molecule has 0 amide bonds. The Morgan fingerprint density at radius 3 is 2.00 bits per heavy atom. The van der Waals surface area contributed by atoms with Gasteiger partial charge >= 0.3 is 5.97 Å². The van der Waals surface area contributed by atoms with Gasteiger partial charge in [-0.2, -0.15) is 0 Å². The second-order valence-electron chi connectivity index (χ2n) is 6.97. The average molecular weight is 357 g/mol. The van der Waals surface area contributed by atoms with Crippen molar-refractivity contribution in [2.45, 2.75) is 103 Å². The van der Waals surface area contributed by atoms with E-state index in [0.29, 0.717) is 13.0 Å². The van der Waals surface area contributed by atoms with Crippen molar-refractivity contribution in [2.75, 3.05) is 13.2 Å². The van der Waals surface area contributed by atoms with E-state index in [0.717, 1.165) is 19.4 Å². The summed E-state index contributed by atoms with van der Waals surface area (Å²) in [6.45, 7) is 3.47. The molecule has 1 heterocycles. The molecular weight excluding hydrogens is 316 g/mol. The average Bonchev–Trinajstić information content (AvgIpc) is 3.41. The van der Waals surface area contributed by atoms with E-state index in [9.17, 15) is 4.79 Å². The Balaban J connectivity index is 0.00000576. The Hall–Kier alpha value is -0.870. The maximum absolute atomic E-state index is 11.4. The molecule has 0 aromatic heterocycles. The van der Waals surface area contributed by atoms with E-state index in [1.807, 2.05) is 0 Å². The molecule has 0 aromatic rings. The number of esters is 1. The van der Waals surface area contributed by atoms with Crippen LogP contribution < -0.4 is 0 Å². The van der Waals surface area contributed by atoms with Crippen LogP contribution in [-0.2, 0) is 14.3 Å². The molecule has 1 aliphatic rings. The molecule has 1 unspecified atom stereocenters. The molecule has 0 spiro atoms. The molecule has 4 nitrogen and oxygen atoms in total. The van der Waals surface area contributed by atoms with Gasteiger partial charge < -0.3 is 14.9 Å². The lowest BCUT2D eigenvalue weighted by molar-refractivity contribution is -0.144. The van der Waals surface area contributed by atoms with E-state index in [-0.39, 0.29) is 17.5 Å². The van der Waals surface area contributed by atoms with Gasteiger partial charge in [-0.1, -0.05) is 70.4 Å². The highest BCUT2D eigenvalue weighted by atomic mass is 16.6. The van der Waals surface area contributed by atoms with Gasteiger partial charge in [0.05, 0.1) is 6.61 Å². The van der Waals surface area contributed by atoms with Crippen LogP contribution in [0.3, 0.4) is 0 Å². The second kappa shape index (κ2) is 17.9. The molecule has 1 fully saturated rings. The molecule has 2 N–H and O–H groups in total. The Kier molecular flexibility index (Phi) is 17.3. The molecule has 1 atom stereocenters. The smallest absolute Gasteiger partial charge is 0.305 e. The molecule has 0 aliphatic carbocycles. The summed E-state index contributed by atoms with van der Waals surface area (Å²) in [4.78, 5) is 11.4. The van der Waals surface area contributed by atoms with Gasteiger partial charge in [-0.05, 0) is 32.1 Å². The van der Waals surface area contributed by atoms with Gasteiger partial charge in [0, 0.05) is 6.42 Å². The molecule has 1 saturated heterocycles. The summed E-state index contributed by atoms with van der Waals surface area (Å²) in [6.07, 6.45) is 22.1. The number of hydrogen-bond acceptors (Lipinski definition) is 3. The zero-order valence-electron chi connectivity index (χ0n) is 16.3. The van der Waals surface area contributed by atoms with Crippen LogP contribution in [0.25, 0.3) is 0 Å². The minimum Gasteiger partial charge on any atom is -0.463 e. The fraction of sp³-hybridized carbons (Fsp3) is 0.857. The predicted octanol–water partition coefficient (Wildman–Crippen LogP) is 5.14. The first-order valence-electron chi connectivity index (χ1n) is 10.2. The summed E-state index contributed by atoms with van der Waals surface area (Å²) in [5.74, 6) is -0.0665. The fourth-order valence-electron chi connectivity index (χ4n) is 2.76. The minimum atomic E-state index is -0.0665. The molecule has 0 saturated carbocycles. The molecular formula is C21H40O4. The van der Waals surface area contributed by atoms with E-state index in [1.54, 1.807) is 0 Å². The third-order valence-corrected chi connectivity index (χ3v) is 4.48. The van der Waals surface area contributed by atoms with Crippen LogP contribution in [0.5, 0.6) is 0 Å². The first-order valence-corrected chi connectivity index (χ1v) is 10.2. The highest BCUT2D eigenvalue weighted by Gasteiger charge is 2.23. The summed E-state index contributed by atoms with van der Waals surface area (Å²) in [6, 6.07) is 0. The monoisotopic (exact) mass is 356 g/mol. The molecule has 0 aromatic carbocycles. The van der Waals surface area contributed by atoms with Gasteiger partial charge in [0.15, 0.2) is 0 Å². The highest BCUT2D eigenvalue weighted by Crippen LogP contribution is 2.12. The van der Waals surface area contributed by atoms with Crippen LogP contribution in [0.15, 0.2) is 12.2 Å². The third-order valence-electron chi connectivity index (χ3n) is 4.48. The van der Waals surface area contributed by atoms with Crippen molar-refractivity contribution >= 4 is 5.97 Å². The summed E-state index contributed by atoms with van der Waals surface area (Å²) < 4.78 is 10.1. The van der Waals surface area contributed by atoms with Crippen LogP contribution in [0.2, 0.25) is 0 Å². The van der Waals surface area contributed by atoms with Crippen LogP contribution in [0, 0.1) is 0 Å². The van der Waals surface area contributed by atoms with E-state index in [1.165, 1.54) is 70.6 Å². The van der Waals surface area contributed by atoms with Crippen molar-refractivity contribution in [1.82, 2.24) is 0 Å². The van der Waals surface area contributed by atoms with Crippen molar-refractivity contribution < 1.29 is 19.7 Å². The molecule has 1 aliphatic heterocycles. The van der Waals surface area contributed by atoms with E-state index >= 15 is 0 Å². The van der Waals surface area contributed by atoms with Gasteiger partial charge in [-0.15, -0.1) is 0 Å². The first-order chi connectivity index (χ1) is 11.8. The Bertz CT molecular complexity index is 324. The van der Waals surface area contributed by atoms with Gasteiger partial charge in [-0.3, -0.25) is 4.79 Å². The fourth-order valence-corrected chi connectivity index (χ4v) is 2.76. The number of ether oxygens (including phenoxy) is 2. The number of carbonyl (C=O) groups excluding carboxylic acids is 1. The number of rotatable bonds is 17. The Morgan fingerprint density at radius 1 is 0.920 bits per heavy atom. The van der Waals surface area contributed by atoms with Gasteiger partial charge in [-0.25, -0.2) is 0 Å². The lowest BCUT2D eigenvalue weighted by Gasteiger charge is -2.02. The van der Waals surface area contributed by atoms with Crippen molar-refractivity contribution in [1.29, 1.82) is 0 Å². The zero-order chi connectivity index (χ0) is 17.3. The van der Waals surface area contributed by atoms with Crippen molar-refractivity contribution in [3.8, 4) is 0 Å². The minimum absolute atomic E-state index is 0. The standard InChI is InChI=1S/C21H38O3.H2O/c1-2-3-4-5-6-7-8-9-10-11-12-13-14-15-16-17-21(22)24-19-20-18-23-20;/h9-10,20H,2-8,11-19H2,1H3;1H2/b10-9-;. The molecule has 0 radical (unpaired) electrons. The van der Waals surface area contributed by atoms with Crippen LogP contribution in [0.4, 0.5) is 0 Å². The van der Waals surface area contributed by atoms with Gasteiger partial charge in [0.25, 0.3) is 0 Å². The summed E-state index contributed by atoms with van der Waals surface area (Å²) in [5.41, 5.74) is 0. The first kappa shape index (κ1) is 24.1. The third kappa shape index (κ3) is 17.7. The van der Waals surface area contributed by atoms with E-state index < -0.39 is 0 Å². The normalized spacial score (nSPS) is 16.0. The summed E-state index contributed by atoms with van der Waals surface area (Å²) >= 11 is 0. The van der Waals surface area contributed by atoms with E-state index in [4.69, 9.17) is 9.47 Å². The van der Waals surface area contributed by atoms with Crippen molar-refractivity contribution in [3.05, 3.63) is 12.2 Å². The maximum Gasteiger partial charge on any atom is 0.305 e. The quantitative estimate of drug-likeness (QED) is 0.157. The molecule has 0 bridgehead atoms. The SMILES string of the molecule is CCCCCCCC/C=C\CCCCCCCC(=O)OCC1CO1.O. The van der Waals surface area contributed by atoms with E-state index in [2.05, 4.69) is 19.1 Å². The second-order valence-corrected chi connectivity index (χ2v) is 6.97. The molecule has 25 heavy (non-hydrogen) atoms. The Morgan fingerprint density at radius 2 is 1.44 bits per heavy atom. The van der Waals surface area contributed by atoms with Crippen molar-refractivity contribution in [3.63, 3.8) is 0 Å².